The van der Waals surface area contributed by atoms with Gasteiger partial charge in [-0.05, 0) is 42.5 Å². The smallest absolute Gasteiger partial charge is 0.161 e. The number of fused-ring (bicyclic) bond motifs is 1. The third-order valence-corrected chi connectivity index (χ3v) is 4.35. The van der Waals surface area contributed by atoms with Crippen LogP contribution >= 0.6 is 12.2 Å². The van der Waals surface area contributed by atoms with Gasteiger partial charge in [0.1, 0.15) is 10.7 Å². The summed E-state index contributed by atoms with van der Waals surface area (Å²) < 4.78 is 11.2. The van der Waals surface area contributed by atoms with Crippen LogP contribution in [0.2, 0.25) is 0 Å². The molecule has 5 heteroatoms. The Bertz CT molecular complexity index is 834. The van der Waals surface area contributed by atoms with Gasteiger partial charge in [-0.25, -0.2) is 0 Å². The molecule has 0 saturated carbocycles. The number of nitrogens with one attached hydrogen (secondary N) is 1. The van der Waals surface area contributed by atoms with Crippen LogP contribution in [-0.2, 0) is 12.8 Å². The molecule has 112 valence electrons. The summed E-state index contributed by atoms with van der Waals surface area (Å²) >= 11 is 5.36. The van der Waals surface area contributed by atoms with E-state index in [0.717, 1.165) is 36.1 Å². The number of nitriles is 1. The van der Waals surface area contributed by atoms with Crippen molar-refractivity contribution in [3.8, 4) is 28.7 Å². The summed E-state index contributed by atoms with van der Waals surface area (Å²) in [5.41, 5.74) is 4.74. The van der Waals surface area contributed by atoms with Gasteiger partial charge < -0.3 is 14.5 Å². The lowest BCUT2D eigenvalue weighted by atomic mass is 9.95. The predicted molar refractivity (Wildman–Crippen MR) is 86.9 cm³/mol. The summed E-state index contributed by atoms with van der Waals surface area (Å²) in [5.74, 6) is 1.32. The summed E-state index contributed by atoms with van der Waals surface area (Å²) in [6.07, 6.45) is 3.01. The first-order valence-corrected chi connectivity index (χ1v) is 7.51. The summed E-state index contributed by atoms with van der Waals surface area (Å²) in [6, 6.07) is 7.96. The van der Waals surface area contributed by atoms with Crippen molar-refractivity contribution in [2.24, 2.45) is 0 Å². The highest BCUT2D eigenvalue weighted by Crippen LogP contribution is 2.38. The zero-order chi connectivity index (χ0) is 15.7. The van der Waals surface area contributed by atoms with Gasteiger partial charge in [0, 0.05) is 11.3 Å². The summed E-state index contributed by atoms with van der Waals surface area (Å²) in [4.78, 5) is 3.20. The fourth-order valence-electron chi connectivity index (χ4n) is 3.04. The first kappa shape index (κ1) is 14.6. The van der Waals surface area contributed by atoms with Crippen LogP contribution in [0.1, 0.15) is 23.2 Å². The third kappa shape index (κ3) is 2.26. The van der Waals surface area contributed by atoms with Crippen molar-refractivity contribution in [1.29, 1.82) is 5.26 Å². The first-order chi connectivity index (χ1) is 10.7. The van der Waals surface area contributed by atoms with Crippen molar-refractivity contribution in [2.75, 3.05) is 14.2 Å². The number of hydrogen-bond acceptors (Lipinski definition) is 4. The molecule has 0 amide bonds. The van der Waals surface area contributed by atoms with Crippen LogP contribution in [0.5, 0.6) is 11.5 Å². The molecule has 1 aromatic carbocycles. The standard InChI is InChI=1S/C17H16N2O2S/c1-20-14-7-6-10(8-15(14)21-2)16-11-4-3-5-13(11)19-17(22)12(16)9-18/h6-8H,3-5H2,1-2H3,(H,19,22). The SMILES string of the molecule is COc1ccc(-c2c3c([nH]c(=S)c2C#N)CCC3)cc1OC. The molecule has 1 aliphatic carbocycles. The van der Waals surface area contributed by atoms with E-state index in [1.807, 2.05) is 18.2 Å². The third-order valence-electron chi connectivity index (χ3n) is 4.05. The highest BCUT2D eigenvalue weighted by molar-refractivity contribution is 7.71. The molecule has 1 aliphatic rings. The Labute approximate surface area is 134 Å². The molecule has 0 radical (unpaired) electrons. The van der Waals surface area contributed by atoms with E-state index in [-0.39, 0.29) is 0 Å². The lowest BCUT2D eigenvalue weighted by Crippen LogP contribution is -1.99. The molecule has 0 fully saturated rings. The monoisotopic (exact) mass is 312 g/mol. The van der Waals surface area contributed by atoms with Gasteiger partial charge in [0.15, 0.2) is 11.5 Å². The number of aromatic amines is 1. The van der Waals surface area contributed by atoms with E-state index in [0.29, 0.717) is 21.7 Å². The molecule has 0 aliphatic heterocycles. The van der Waals surface area contributed by atoms with Gasteiger partial charge in [0.05, 0.1) is 19.8 Å². The minimum atomic E-state index is 0.507. The second-order valence-electron chi connectivity index (χ2n) is 5.20. The lowest BCUT2D eigenvalue weighted by molar-refractivity contribution is 0.355. The van der Waals surface area contributed by atoms with E-state index in [1.54, 1.807) is 14.2 Å². The first-order valence-electron chi connectivity index (χ1n) is 7.10. The van der Waals surface area contributed by atoms with Crippen molar-refractivity contribution in [1.82, 2.24) is 4.98 Å². The van der Waals surface area contributed by atoms with Gasteiger partial charge >= 0.3 is 0 Å². The molecule has 22 heavy (non-hydrogen) atoms. The molecule has 1 heterocycles. The normalized spacial score (nSPS) is 12.6. The largest absolute Gasteiger partial charge is 0.493 e. The minimum Gasteiger partial charge on any atom is -0.493 e. The van der Waals surface area contributed by atoms with Crippen LogP contribution in [0.25, 0.3) is 11.1 Å². The lowest BCUT2D eigenvalue weighted by Gasteiger charge is -2.14. The molecular weight excluding hydrogens is 296 g/mol. The Kier molecular flexibility index (Phi) is 3.86. The van der Waals surface area contributed by atoms with Crippen LogP contribution in [0, 0.1) is 16.0 Å². The van der Waals surface area contributed by atoms with Crippen LogP contribution in [0.4, 0.5) is 0 Å². The number of rotatable bonds is 3. The van der Waals surface area contributed by atoms with Gasteiger partial charge in [-0.2, -0.15) is 5.26 Å². The Hall–Kier alpha value is -2.32. The highest BCUT2D eigenvalue weighted by Gasteiger charge is 2.22. The molecule has 0 bridgehead atoms. The Balaban J connectivity index is 2.29. The Morgan fingerprint density at radius 1 is 1.18 bits per heavy atom. The quantitative estimate of drug-likeness (QED) is 0.876. The van der Waals surface area contributed by atoms with E-state index < -0.39 is 0 Å². The molecule has 0 spiro atoms. The zero-order valence-corrected chi connectivity index (χ0v) is 13.3. The van der Waals surface area contributed by atoms with E-state index in [1.165, 1.54) is 5.56 Å². The molecule has 4 nitrogen and oxygen atoms in total. The van der Waals surface area contributed by atoms with Gasteiger partial charge in [-0.15, -0.1) is 0 Å². The fourth-order valence-corrected chi connectivity index (χ4v) is 3.31. The maximum Gasteiger partial charge on any atom is 0.161 e. The van der Waals surface area contributed by atoms with Crippen LogP contribution in [-0.4, -0.2) is 19.2 Å². The summed E-state index contributed by atoms with van der Waals surface area (Å²) in [6.45, 7) is 0. The molecular formula is C17H16N2O2S. The zero-order valence-electron chi connectivity index (χ0n) is 12.5. The number of aryl methyl sites for hydroxylation is 1. The average Bonchev–Trinajstić information content (AvgIpc) is 3.00. The van der Waals surface area contributed by atoms with E-state index >= 15 is 0 Å². The van der Waals surface area contributed by atoms with Gasteiger partial charge in [-0.3, -0.25) is 0 Å². The van der Waals surface area contributed by atoms with E-state index in [9.17, 15) is 5.26 Å². The topological polar surface area (TPSA) is 58.0 Å². The summed E-state index contributed by atoms with van der Waals surface area (Å²) in [5, 5.41) is 9.53. The highest BCUT2D eigenvalue weighted by atomic mass is 32.1. The Morgan fingerprint density at radius 2 is 1.95 bits per heavy atom. The number of ether oxygens (including phenoxy) is 2. The maximum atomic E-state index is 9.53. The van der Waals surface area contributed by atoms with Crippen molar-refractivity contribution in [2.45, 2.75) is 19.3 Å². The van der Waals surface area contributed by atoms with Crippen LogP contribution in [0.15, 0.2) is 18.2 Å². The second kappa shape index (κ2) is 5.82. The molecule has 1 aromatic heterocycles. The minimum absolute atomic E-state index is 0.507. The molecule has 0 atom stereocenters. The Morgan fingerprint density at radius 3 is 2.64 bits per heavy atom. The fraction of sp³-hybridized carbons (Fsp3) is 0.294. The summed E-state index contributed by atoms with van der Waals surface area (Å²) in [7, 11) is 3.21. The van der Waals surface area contributed by atoms with Crippen molar-refractivity contribution in [3.05, 3.63) is 39.7 Å². The number of nitrogens with zero attached hydrogens (tertiary/aromatic N) is 1. The number of hydrogen-bond donors (Lipinski definition) is 1. The molecule has 0 saturated heterocycles. The van der Waals surface area contributed by atoms with Gasteiger partial charge in [-0.1, -0.05) is 18.3 Å². The van der Waals surface area contributed by atoms with Gasteiger partial charge in [0.25, 0.3) is 0 Å². The average molecular weight is 312 g/mol. The van der Waals surface area contributed by atoms with Crippen molar-refractivity contribution in [3.63, 3.8) is 0 Å². The maximum absolute atomic E-state index is 9.53. The van der Waals surface area contributed by atoms with Gasteiger partial charge in [0.2, 0.25) is 0 Å². The van der Waals surface area contributed by atoms with E-state index in [2.05, 4.69) is 11.1 Å². The number of pyridine rings is 1. The predicted octanol–water partition coefficient (Wildman–Crippen LogP) is 3.79. The number of H-pyrrole nitrogens is 1. The van der Waals surface area contributed by atoms with Crippen LogP contribution < -0.4 is 9.47 Å². The second-order valence-corrected chi connectivity index (χ2v) is 5.60. The molecule has 2 aromatic rings. The number of methoxy groups -OCH3 is 2. The number of benzene rings is 1. The molecule has 0 unspecified atom stereocenters. The molecule has 1 N–H and O–H groups in total. The molecule has 3 rings (SSSR count). The van der Waals surface area contributed by atoms with E-state index in [4.69, 9.17) is 21.7 Å². The number of aromatic nitrogens is 1. The van der Waals surface area contributed by atoms with Crippen molar-refractivity contribution >= 4 is 12.2 Å². The van der Waals surface area contributed by atoms with Crippen molar-refractivity contribution < 1.29 is 9.47 Å². The van der Waals surface area contributed by atoms with Crippen LogP contribution in [0.3, 0.4) is 0 Å².